The quantitative estimate of drug-likeness (QED) is 0.760. The first-order valence-electron chi connectivity index (χ1n) is 5.37. The van der Waals surface area contributed by atoms with Gasteiger partial charge in [-0.1, -0.05) is 17.7 Å². The lowest BCUT2D eigenvalue weighted by molar-refractivity contribution is -0.126. The molecule has 1 aromatic carbocycles. The highest BCUT2D eigenvalue weighted by Gasteiger charge is 2.06. The lowest BCUT2D eigenvalue weighted by atomic mass is 10.1. The number of aryl methyl sites for hydroxylation is 1. The first-order chi connectivity index (χ1) is 8.13. The molecule has 1 aromatic rings. The number of benzene rings is 1. The minimum Gasteiger partial charge on any atom is -0.372 e. The highest BCUT2D eigenvalue weighted by molar-refractivity contribution is 5.95. The van der Waals surface area contributed by atoms with Gasteiger partial charge < -0.3 is 4.74 Å². The summed E-state index contributed by atoms with van der Waals surface area (Å²) in [5, 5.41) is 0. The molecule has 0 saturated carbocycles. The topological polar surface area (TPSA) is 67.4 Å². The SMILES string of the molecule is CCOCC(=O)NNC(=O)c1cccc(C)c1. The number of ether oxygens (including phenoxy) is 1. The number of carbonyl (C=O) groups is 2. The fourth-order valence-corrected chi connectivity index (χ4v) is 1.22. The fourth-order valence-electron chi connectivity index (χ4n) is 1.22. The normalized spacial score (nSPS) is 9.76. The van der Waals surface area contributed by atoms with Crippen molar-refractivity contribution in [1.29, 1.82) is 0 Å². The van der Waals surface area contributed by atoms with Crippen molar-refractivity contribution in [3.05, 3.63) is 35.4 Å². The van der Waals surface area contributed by atoms with E-state index in [2.05, 4.69) is 10.9 Å². The Morgan fingerprint density at radius 1 is 1.29 bits per heavy atom. The van der Waals surface area contributed by atoms with Crippen molar-refractivity contribution < 1.29 is 14.3 Å². The Bertz CT molecular complexity index is 404. The highest BCUT2D eigenvalue weighted by Crippen LogP contribution is 2.02. The van der Waals surface area contributed by atoms with Crippen LogP contribution >= 0.6 is 0 Å². The van der Waals surface area contributed by atoms with Crippen LogP contribution in [-0.4, -0.2) is 25.0 Å². The Kier molecular flexibility index (Phi) is 5.16. The molecule has 0 bridgehead atoms. The number of nitrogens with one attached hydrogen (secondary N) is 2. The van der Waals surface area contributed by atoms with Gasteiger partial charge in [-0.15, -0.1) is 0 Å². The van der Waals surface area contributed by atoms with Crippen LogP contribution in [0, 0.1) is 6.92 Å². The van der Waals surface area contributed by atoms with Gasteiger partial charge in [-0.2, -0.15) is 0 Å². The standard InChI is InChI=1S/C12H16N2O3/c1-3-17-8-11(15)13-14-12(16)10-6-4-5-9(2)7-10/h4-7H,3,8H2,1-2H3,(H,13,15)(H,14,16). The first kappa shape index (κ1) is 13.2. The smallest absolute Gasteiger partial charge is 0.269 e. The molecule has 1 rings (SSSR count). The van der Waals surface area contributed by atoms with Gasteiger partial charge in [-0.25, -0.2) is 0 Å². The van der Waals surface area contributed by atoms with Crippen LogP contribution in [-0.2, 0) is 9.53 Å². The largest absolute Gasteiger partial charge is 0.372 e. The van der Waals surface area contributed by atoms with Gasteiger partial charge in [-0.3, -0.25) is 20.4 Å². The van der Waals surface area contributed by atoms with Crippen LogP contribution in [0.5, 0.6) is 0 Å². The molecular weight excluding hydrogens is 220 g/mol. The van der Waals surface area contributed by atoms with E-state index in [1.54, 1.807) is 25.1 Å². The summed E-state index contributed by atoms with van der Waals surface area (Å²) < 4.78 is 4.89. The Balaban J connectivity index is 2.42. The summed E-state index contributed by atoms with van der Waals surface area (Å²) in [4.78, 5) is 22.8. The Hall–Kier alpha value is -1.88. The molecule has 0 aliphatic heterocycles. The highest BCUT2D eigenvalue weighted by atomic mass is 16.5. The van der Waals surface area contributed by atoms with E-state index in [-0.39, 0.29) is 18.4 Å². The van der Waals surface area contributed by atoms with E-state index < -0.39 is 0 Å². The predicted molar refractivity (Wildman–Crippen MR) is 63.3 cm³/mol. The summed E-state index contributed by atoms with van der Waals surface area (Å²) in [5.74, 6) is -0.730. The molecule has 0 fully saturated rings. The predicted octanol–water partition coefficient (Wildman–Crippen LogP) is 0.793. The molecule has 5 nitrogen and oxygen atoms in total. The zero-order chi connectivity index (χ0) is 12.7. The van der Waals surface area contributed by atoms with E-state index in [1.807, 2.05) is 13.0 Å². The third-order valence-corrected chi connectivity index (χ3v) is 2.03. The molecule has 2 N–H and O–H groups in total. The van der Waals surface area contributed by atoms with E-state index in [0.29, 0.717) is 12.2 Å². The van der Waals surface area contributed by atoms with Gasteiger partial charge in [0.15, 0.2) is 0 Å². The zero-order valence-corrected chi connectivity index (χ0v) is 9.95. The maximum atomic E-state index is 11.6. The van der Waals surface area contributed by atoms with Crippen molar-refractivity contribution in [3.8, 4) is 0 Å². The number of hydrogen-bond donors (Lipinski definition) is 2. The first-order valence-corrected chi connectivity index (χ1v) is 5.37. The monoisotopic (exact) mass is 236 g/mol. The fraction of sp³-hybridized carbons (Fsp3) is 0.333. The van der Waals surface area contributed by atoms with Gasteiger partial charge in [-0.05, 0) is 26.0 Å². The summed E-state index contributed by atoms with van der Waals surface area (Å²) in [6, 6.07) is 7.10. The van der Waals surface area contributed by atoms with Gasteiger partial charge in [0.1, 0.15) is 6.61 Å². The lowest BCUT2D eigenvalue weighted by Crippen LogP contribution is -2.43. The molecule has 0 radical (unpaired) electrons. The van der Waals surface area contributed by atoms with Crippen LogP contribution in [0.1, 0.15) is 22.8 Å². The Labute approximate surface area is 100 Å². The number of rotatable bonds is 4. The van der Waals surface area contributed by atoms with E-state index in [1.165, 1.54) is 0 Å². The molecule has 17 heavy (non-hydrogen) atoms. The second kappa shape index (κ2) is 6.65. The van der Waals surface area contributed by atoms with Gasteiger partial charge in [0.25, 0.3) is 11.8 Å². The maximum Gasteiger partial charge on any atom is 0.269 e. The maximum absolute atomic E-state index is 11.6. The van der Waals surface area contributed by atoms with E-state index >= 15 is 0 Å². The van der Waals surface area contributed by atoms with Gasteiger partial charge in [0, 0.05) is 12.2 Å². The second-order valence-electron chi connectivity index (χ2n) is 3.51. The van der Waals surface area contributed by atoms with Crippen molar-refractivity contribution >= 4 is 11.8 Å². The molecule has 0 spiro atoms. The van der Waals surface area contributed by atoms with Crippen molar-refractivity contribution in [1.82, 2.24) is 10.9 Å². The molecule has 5 heteroatoms. The van der Waals surface area contributed by atoms with E-state index in [4.69, 9.17) is 4.74 Å². The Morgan fingerprint density at radius 3 is 2.71 bits per heavy atom. The molecule has 0 unspecified atom stereocenters. The molecular formula is C12H16N2O3. The van der Waals surface area contributed by atoms with Crippen LogP contribution in [0.4, 0.5) is 0 Å². The summed E-state index contributed by atoms with van der Waals surface area (Å²) in [5.41, 5.74) is 6.07. The number of hydrogen-bond acceptors (Lipinski definition) is 3. The van der Waals surface area contributed by atoms with Gasteiger partial charge in [0.05, 0.1) is 0 Å². The lowest BCUT2D eigenvalue weighted by Gasteiger charge is -2.07. The summed E-state index contributed by atoms with van der Waals surface area (Å²) in [6.45, 7) is 4.08. The van der Waals surface area contributed by atoms with Gasteiger partial charge >= 0.3 is 0 Å². The molecule has 0 heterocycles. The number of hydrazine groups is 1. The zero-order valence-electron chi connectivity index (χ0n) is 9.95. The molecule has 0 aromatic heterocycles. The minimum absolute atomic E-state index is 0.0649. The van der Waals surface area contributed by atoms with Crippen molar-refractivity contribution in [2.75, 3.05) is 13.2 Å². The summed E-state index contributed by atoms with van der Waals surface area (Å²) in [6.07, 6.45) is 0. The number of carbonyl (C=O) groups excluding carboxylic acids is 2. The van der Waals surface area contributed by atoms with Crippen LogP contribution in [0.25, 0.3) is 0 Å². The van der Waals surface area contributed by atoms with Crippen LogP contribution in [0.2, 0.25) is 0 Å². The molecule has 0 aliphatic carbocycles. The summed E-state index contributed by atoms with van der Waals surface area (Å²) >= 11 is 0. The molecule has 0 atom stereocenters. The van der Waals surface area contributed by atoms with Crippen molar-refractivity contribution in [2.24, 2.45) is 0 Å². The average Bonchev–Trinajstić information content (AvgIpc) is 2.33. The van der Waals surface area contributed by atoms with Crippen LogP contribution in [0.15, 0.2) is 24.3 Å². The third-order valence-electron chi connectivity index (χ3n) is 2.03. The third kappa shape index (κ3) is 4.65. The van der Waals surface area contributed by atoms with E-state index in [0.717, 1.165) is 5.56 Å². The minimum atomic E-state index is -0.382. The Morgan fingerprint density at radius 2 is 2.06 bits per heavy atom. The number of amides is 2. The van der Waals surface area contributed by atoms with Crippen molar-refractivity contribution in [3.63, 3.8) is 0 Å². The molecule has 0 aliphatic rings. The van der Waals surface area contributed by atoms with Gasteiger partial charge in [0.2, 0.25) is 0 Å². The molecule has 92 valence electrons. The molecule has 2 amide bonds. The van der Waals surface area contributed by atoms with Crippen LogP contribution in [0.3, 0.4) is 0 Å². The van der Waals surface area contributed by atoms with Crippen molar-refractivity contribution in [2.45, 2.75) is 13.8 Å². The average molecular weight is 236 g/mol. The molecule has 0 saturated heterocycles. The second-order valence-corrected chi connectivity index (χ2v) is 3.51. The van der Waals surface area contributed by atoms with Crippen LogP contribution < -0.4 is 10.9 Å². The van der Waals surface area contributed by atoms with E-state index in [9.17, 15) is 9.59 Å². The summed E-state index contributed by atoms with van der Waals surface area (Å²) in [7, 11) is 0.